The minimum absolute atomic E-state index is 0.126. The van der Waals surface area contributed by atoms with Gasteiger partial charge in [0.2, 0.25) is 0 Å². The number of aromatic nitrogens is 1. The highest BCUT2D eigenvalue weighted by molar-refractivity contribution is 5.96. The molecule has 3 aromatic carbocycles. The number of benzene rings is 3. The van der Waals surface area contributed by atoms with E-state index in [0.717, 1.165) is 16.5 Å². The van der Waals surface area contributed by atoms with Crippen molar-refractivity contribution in [3.63, 3.8) is 0 Å². The lowest BCUT2D eigenvalue weighted by Gasteiger charge is -2.09. The number of carbonyl (C=O) groups is 2. The van der Waals surface area contributed by atoms with Gasteiger partial charge in [-0.2, -0.15) is 0 Å². The number of aromatic amines is 1. The summed E-state index contributed by atoms with van der Waals surface area (Å²) in [6.07, 6.45) is 1.88. The maximum atomic E-state index is 12.5. The summed E-state index contributed by atoms with van der Waals surface area (Å²) in [5.41, 5.74) is 3.17. The summed E-state index contributed by atoms with van der Waals surface area (Å²) in [4.78, 5) is 27.8. The number of H-pyrrole nitrogens is 1. The first kappa shape index (κ1) is 21.0. The molecule has 162 valence electrons. The summed E-state index contributed by atoms with van der Waals surface area (Å²) in [6.45, 7) is 0.300. The Morgan fingerprint density at radius 3 is 2.41 bits per heavy atom. The van der Waals surface area contributed by atoms with E-state index in [9.17, 15) is 9.59 Å². The van der Waals surface area contributed by atoms with E-state index < -0.39 is 0 Å². The summed E-state index contributed by atoms with van der Waals surface area (Å²) in [6, 6.07) is 21.6. The van der Waals surface area contributed by atoms with Gasteiger partial charge in [0.25, 0.3) is 11.8 Å². The molecule has 0 spiro atoms. The molecular formula is C25H23N3O4. The summed E-state index contributed by atoms with van der Waals surface area (Å²) in [5.74, 6) is 0.812. The van der Waals surface area contributed by atoms with Crippen LogP contribution in [0.3, 0.4) is 0 Å². The van der Waals surface area contributed by atoms with Crippen molar-refractivity contribution in [2.75, 3.05) is 19.0 Å². The lowest BCUT2D eigenvalue weighted by atomic mass is 10.1. The van der Waals surface area contributed by atoms with Crippen LogP contribution in [0.5, 0.6) is 11.5 Å². The summed E-state index contributed by atoms with van der Waals surface area (Å²) < 4.78 is 10.6. The first-order valence-electron chi connectivity index (χ1n) is 10.1. The summed E-state index contributed by atoms with van der Waals surface area (Å²) in [5, 5.41) is 6.77. The number of hydrogen-bond acceptors (Lipinski definition) is 4. The molecule has 0 aliphatic carbocycles. The molecule has 0 bridgehead atoms. The van der Waals surface area contributed by atoms with Crippen molar-refractivity contribution in [2.24, 2.45) is 0 Å². The van der Waals surface area contributed by atoms with Gasteiger partial charge in [-0.05, 0) is 66.2 Å². The number of ether oxygens (including phenoxy) is 2. The highest BCUT2D eigenvalue weighted by Crippen LogP contribution is 2.18. The summed E-state index contributed by atoms with van der Waals surface area (Å²) in [7, 11) is 1.59. The maximum absolute atomic E-state index is 12.5. The lowest BCUT2D eigenvalue weighted by molar-refractivity contribution is -0.118. The molecule has 0 saturated carbocycles. The number of hydrogen-bond donors (Lipinski definition) is 3. The van der Waals surface area contributed by atoms with Crippen molar-refractivity contribution in [2.45, 2.75) is 6.54 Å². The largest absolute Gasteiger partial charge is 0.497 e. The van der Waals surface area contributed by atoms with Gasteiger partial charge in [-0.3, -0.25) is 9.59 Å². The molecule has 0 radical (unpaired) electrons. The standard InChI is InChI=1S/C25H23N3O4/c1-31-20-9-11-21(12-10-20)32-16-24(29)28-19-7-5-17(6-8-19)25(30)27-15-18-3-2-4-23-22(18)13-14-26-23/h2-14,26H,15-16H2,1H3,(H,27,30)(H,28,29). The molecule has 2 amide bonds. The van der Waals surface area contributed by atoms with Crippen LogP contribution in [-0.4, -0.2) is 30.5 Å². The van der Waals surface area contributed by atoms with E-state index in [1.807, 2.05) is 30.5 Å². The predicted octanol–water partition coefficient (Wildman–Crippen LogP) is 4.12. The van der Waals surface area contributed by atoms with Crippen LogP contribution in [0.25, 0.3) is 10.9 Å². The fourth-order valence-electron chi connectivity index (χ4n) is 3.31. The van der Waals surface area contributed by atoms with Gasteiger partial charge in [0.15, 0.2) is 6.61 Å². The molecule has 1 heterocycles. The molecular weight excluding hydrogens is 406 g/mol. The average Bonchev–Trinajstić information content (AvgIpc) is 3.31. The third kappa shape index (κ3) is 5.07. The SMILES string of the molecule is COc1ccc(OCC(=O)Nc2ccc(C(=O)NCc3cccc4[nH]ccc34)cc2)cc1. The van der Waals surface area contributed by atoms with Gasteiger partial charge < -0.3 is 25.1 Å². The zero-order chi connectivity index (χ0) is 22.3. The zero-order valence-corrected chi connectivity index (χ0v) is 17.6. The van der Waals surface area contributed by atoms with E-state index in [1.54, 1.807) is 55.6 Å². The van der Waals surface area contributed by atoms with E-state index in [0.29, 0.717) is 29.3 Å². The van der Waals surface area contributed by atoms with Gasteiger partial charge in [-0.1, -0.05) is 12.1 Å². The number of nitrogens with one attached hydrogen (secondary N) is 3. The number of carbonyl (C=O) groups excluding carboxylic acids is 2. The van der Waals surface area contributed by atoms with Gasteiger partial charge in [-0.25, -0.2) is 0 Å². The highest BCUT2D eigenvalue weighted by Gasteiger charge is 2.09. The number of fused-ring (bicyclic) bond motifs is 1. The number of amides is 2. The monoisotopic (exact) mass is 429 g/mol. The molecule has 0 atom stereocenters. The lowest BCUT2D eigenvalue weighted by Crippen LogP contribution is -2.23. The minimum atomic E-state index is -0.294. The van der Waals surface area contributed by atoms with Crippen molar-refractivity contribution in [1.82, 2.24) is 10.3 Å². The van der Waals surface area contributed by atoms with Crippen LogP contribution in [0.4, 0.5) is 5.69 Å². The molecule has 4 aromatic rings. The Morgan fingerprint density at radius 1 is 0.906 bits per heavy atom. The van der Waals surface area contributed by atoms with Crippen LogP contribution in [0.15, 0.2) is 79.0 Å². The Morgan fingerprint density at radius 2 is 1.66 bits per heavy atom. The fraction of sp³-hybridized carbons (Fsp3) is 0.120. The highest BCUT2D eigenvalue weighted by atomic mass is 16.5. The fourth-order valence-corrected chi connectivity index (χ4v) is 3.31. The predicted molar refractivity (Wildman–Crippen MR) is 123 cm³/mol. The normalized spacial score (nSPS) is 10.5. The van der Waals surface area contributed by atoms with E-state index in [1.165, 1.54) is 0 Å². The average molecular weight is 429 g/mol. The van der Waals surface area contributed by atoms with Crippen molar-refractivity contribution < 1.29 is 19.1 Å². The van der Waals surface area contributed by atoms with Crippen molar-refractivity contribution in [1.29, 1.82) is 0 Å². The molecule has 7 heteroatoms. The van der Waals surface area contributed by atoms with Crippen LogP contribution >= 0.6 is 0 Å². The van der Waals surface area contributed by atoms with Crippen molar-refractivity contribution in [3.8, 4) is 11.5 Å². The number of rotatable bonds is 8. The number of methoxy groups -OCH3 is 1. The van der Waals surface area contributed by atoms with Crippen LogP contribution in [0, 0.1) is 0 Å². The molecule has 0 unspecified atom stereocenters. The second-order valence-electron chi connectivity index (χ2n) is 7.13. The summed E-state index contributed by atoms with van der Waals surface area (Å²) >= 11 is 0. The van der Waals surface area contributed by atoms with Crippen LogP contribution < -0.4 is 20.1 Å². The third-order valence-electron chi connectivity index (χ3n) is 4.98. The molecule has 0 aliphatic rings. The minimum Gasteiger partial charge on any atom is -0.497 e. The van der Waals surface area contributed by atoms with E-state index in [-0.39, 0.29) is 18.4 Å². The Hall–Kier alpha value is -4.26. The first-order valence-corrected chi connectivity index (χ1v) is 10.1. The van der Waals surface area contributed by atoms with Gasteiger partial charge in [0, 0.05) is 34.9 Å². The van der Waals surface area contributed by atoms with Crippen LogP contribution in [-0.2, 0) is 11.3 Å². The van der Waals surface area contributed by atoms with Crippen LogP contribution in [0.1, 0.15) is 15.9 Å². The molecule has 0 fully saturated rings. The van der Waals surface area contributed by atoms with E-state index >= 15 is 0 Å². The van der Waals surface area contributed by atoms with Crippen LogP contribution in [0.2, 0.25) is 0 Å². The Kier molecular flexibility index (Phi) is 6.36. The molecule has 32 heavy (non-hydrogen) atoms. The molecule has 0 aliphatic heterocycles. The molecule has 7 nitrogen and oxygen atoms in total. The Balaban J connectivity index is 1.27. The second kappa shape index (κ2) is 9.70. The van der Waals surface area contributed by atoms with E-state index in [4.69, 9.17) is 9.47 Å². The quantitative estimate of drug-likeness (QED) is 0.393. The zero-order valence-electron chi connectivity index (χ0n) is 17.6. The van der Waals surface area contributed by atoms with E-state index in [2.05, 4.69) is 15.6 Å². The third-order valence-corrected chi connectivity index (χ3v) is 4.98. The van der Waals surface area contributed by atoms with Gasteiger partial charge >= 0.3 is 0 Å². The Labute approximate surface area is 185 Å². The first-order chi connectivity index (χ1) is 15.6. The van der Waals surface area contributed by atoms with Crippen molar-refractivity contribution >= 4 is 28.4 Å². The van der Waals surface area contributed by atoms with Crippen molar-refractivity contribution in [3.05, 3.63) is 90.1 Å². The second-order valence-corrected chi connectivity index (χ2v) is 7.13. The molecule has 4 rings (SSSR count). The van der Waals surface area contributed by atoms with Gasteiger partial charge in [0.05, 0.1) is 7.11 Å². The topological polar surface area (TPSA) is 92.4 Å². The van der Waals surface area contributed by atoms with Gasteiger partial charge in [-0.15, -0.1) is 0 Å². The smallest absolute Gasteiger partial charge is 0.262 e. The Bertz CT molecular complexity index is 1210. The molecule has 1 aromatic heterocycles. The maximum Gasteiger partial charge on any atom is 0.262 e. The molecule has 0 saturated heterocycles. The number of anilines is 1. The molecule has 3 N–H and O–H groups in total. The van der Waals surface area contributed by atoms with Gasteiger partial charge in [0.1, 0.15) is 11.5 Å².